The van der Waals surface area contributed by atoms with Crippen LogP contribution >= 0.6 is 0 Å². The maximum absolute atomic E-state index is 12.5. The molecule has 0 bridgehead atoms. The number of carbonyl (C=O) groups is 1. The highest BCUT2D eigenvalue weighted by Gasteiger charge is 2.34. The molecule has 0 radical (unpaired) electrons. The highest BCUT2D eigenvalue weighted by Crippen LogP contribution is 2.30. The molecule has 0 saturated carbocycles. The molecule has 2 heterocycles. The molecule has 2 unspecified atom stereocenters. The van der Waals surface area contributed by atoms with E-state index in [2.05, 4.69) is 29.2 Å². The Morgan fingerprint density at radius 3 is 2.82 bits per heavy atom. The third-order valence-corrected chi connectivity index (χ3v) is 5.20. The summed E-state index contributed by atoms with van der Waals surface area (Å²) in [5.41, 5.74) is 2.04. The monoisotopic (exact) mass is 377 g/mol. The number of hydrogen-bond donors (Lipinski definition) is 0. The van der Waals surface area contributed by atoms with Crippen LogP contribution in [-0.4, -0.2) is 41.1 Å². The zero-order chi connectivity index (χ0) is 19.5. The highest BCUT2D eigenvalue weighted by atomic mass is 16.5. The van der Waals surface area contributed by atoms with Gasteiger partial charge in [0.1, 0.15) is 5.75 Å². The van der Waals surface area contributed by atoms with E-state index in [1.54, 1.807) is 7.11 Å². The summed E-state index contributed by atoms with van der Waals surface area (Å²) in [6.45, 7) is 3.46. The maximum Gasteiger partial charge on any atom is 0.258 e. The van der Waals surface area contributed by atoms with Crippen LogP contribution in [0.5, 0.6) is 5.75 Å². The van der Waals surface area contributed by atoms with Crippen molar-refractivity contribution in [2.75, 3.05) is 20.2 Å². The second-order valence-electron chi connectivity index (χ2n) is 7.20. The first kappa shape index (κ1) is 18.2. The van der Waals surface area contributed by atoms with Crippen molar-refractivity contribution in [1.29, 1.82) is 0 Å². The van der Waals surface area contributed by atoms with Gasteiger partial charge in [-0.15, -0.1) is 0 Å². The number of methoxy groups -OCH3 is 1. The van der Waals surface area contributed by atoms with E-state index in [9.17, 15) is 4.79 Å². The van der Waals surface area contributed by atoms with Crippen LogP contribution in [0.1, 0.15) is 36.6 Å². The Morgan fingerprint density at radius 1 is 1.21 bits per heavy atom. The number of nitrogens with zero attached hydrogens (tertiary/aromatic N) is 3. The lowest BCUT2D eigenvalue weighted by atomic mass is 10.0. The van der Waals surface area contributed by atoms with Crippen LogP contribution in [0.25, 0.3) is 11.5 Å². The molecule has 1 aromatic heterocycles. The van der Waals surface area contributed by atoms with Gasteiger partial charge in [0.2, 0.25) is 5.91 Å². The van der Waals surface area contributed by atoms with E-state index in [-0.39, 0.29) is 17.7 Å². The van der Waals surface area contributed by atoms with E-state index in [1.165, 1.54) is 5.56 Å². The summed E-state index contributed by atoms with van der Waals surface area (Å²) in [5.74, 6) is 2.13. The van der Waals surface area contributed by atoms with Crippen LogP contribution in [0.4, 0.5) is 0 Å². The van der Waals surface area contributed by atoms with Crippen LogP contribution in [-0.2, 0) is 4.79 Å². The van der Waals surface area contributed by atoms with Gasteiger partial charge in [0.15, 0.2) is 5.82 Å². The molecule has 0 N–H and O–H groups in total. The Morgan fingerprint density at radius 2 is 2.04 bits per heavy atom. The van der Waals surface area contributed by atoms with Crippen molar-refractivity contribution in [1.82, 2.24) is 15.0 Å². The Kier molecular flexibility index (Phi) is 5.10. The smallest absolute Gasteiger partial charge is 0.258 e. The first-order chi connectivity index (χ1) is 13.6. The number of rotatable bonds is 6. The topological polar surface area (TPSA) is 68.5 Å². The third-order valence-electron chi connectivity index (χ3n) is 5.20. The minimum Gasteiger partial charge on any atom is -0.497 e. The molecule has 6 heteroatoms. The second kappa shape index (κ2) is 7.84. The van der Waals surface area contributed by atoms with E-state index in [0.717, 1.165) is 11.3 Å². The minimum absolute atomic E-state index is 0.0430. The molecule has 2 aromatic carbocycles. The Bertz CT molecular complexity index is 954. The van der Waals surface area contributed by atoms with Crippen molar-refractivity contribution >= 4 is 5.91 Å². The van der Waals surface area contributed by atoms with Crippen molar-refractivity contribution in [2.24, 2.45) is 0 Å². The van der Waals surface area contributed by atoms with Gasteiger partial charge < -0.3 is 14.2 Å². The fraction of sp³-hybridized carbons (Fsp3) is 0.318. The summed E-state index contributed by atoms with van der Waals surface area (Å²) in [6.07, 6.45) is 0.415. The zero-order valence-electron chi connectivity index (χ0n) is 16.0. The average molecular weight is 377 g/mol. The molecule has 3 aromatic rings. The summed E-state index contributed by atoms with van der Waals surface area (Å²) in [6, 6.07) is 17.7. The molecular formula is C22H23N3O3. The zero-order valence-corrected chi connectivity index (χ0v) is 16.0. The molecule has 2 atom stereocenters. The number of ether oxygens (including phenoxy) is 1. The summed E-state index contributed by atoms with van der Waals surface area (Å²) < 4.78 is 10.7. The van der Waals surface area contributed by atoms with E-state index in [0.29, 0.717) is 31.2 Å². The van der Waals surface area contributed by atoms with Gasteiger partial charge in [0.05, 0.1) is 7.11 Å². The number of carbonyl (C=O) groups excluding carboxylic acids is 1. The van der Waals surface area contributed by atoms with E-state index in [1.807, 2.05) is 47.4 Å². The molecule has 1 saturated heterocycles. The van der Waals surface area contributed by atoms with Crippen molar-refractivity contribution in [3.8, 4) is 17.2 Å². The van der Waals surface area contributed by atoms with Gasteiger partial charge in [-0.25, -0.2) is 0 Å². The Balaban J connectivity index is 1.45. The van der Waals surface area contributed by atoms with Gasteiger partial charge in [-0.1, -0.05) is 48.5 Å². The molecule has 1 fully saturated rings. The van der Waals surface area contributed by atoms with Crippen molar-refractivity contribution in [3.05, 3.63) is 66.0 Å². The van der Waals surface area contributed by atoms with Crippen LogP contribution < -0.4 is 4.74 Å². The van der Waals surface area contributed by atoms with Crippen LogP contribution in [0.15, 0.2) is 59.1 Å². The van der Waals surface area contributed by atoms with Gasteiger partial charge in [-0.05, 0) is 29.7 Å². The molecular weight excluding hydrogens is 354 g/mol. The van der Waals surface area contributed by atoms with Gasteiger partial charge in [-0.2, -0.15) is 4.98 Å². The quantitative estimate of drug-likeness (QED) is 0.652. The lowest BCUT2D eigenvalue weighted by Gasteiger charge is -2.21. The first-order valence-corrected chi connectivity index (χ1v) is 9.45. The minimum atomic E-state index is -0.0430. The van der Waals surface area contributed by atoms with Crippen molar-refractivity contribution < 1.29 is 14.1 Å². The fourth-order valence-electron chi connectivity index (χ4n) is 3.61. The predicted octanol–water partition coefficient (Wildman–Crippen LogP) is 3.86. The van der Waals surface area contributed by atoms with Gasteiger partial charge in [-0.3, -0.25) is 4.79 Å². The van der Waals surface area contributed by atoms with Gasteiger partial charge >= 0.3 is 0 Å². The van der Waals surface area contributed by atoms with Crippen molar-refractivity contribution in [3.63, 3.8) is 0 Å². The van der Waals surface area contributed by atoms with E-state index < -0.39 is 0 Å². The fourth-order valence-corrected chi connectivity index (χ4v) is 3.61. The lowest BCUT2D eigenvalue weighted by molar-refractivity contribution is -0.127. The third kappa shape index (κ3) is 3.76. The molecule has 1 amide bonds. The number of aromatic nitrogens is 2. The van der Waals surface area contributed by atoms with Crippen molar-refractivity contribution in [2.45, 2.75) is 25.2 Å². The SMILES string of the molecule is COc1cccc(-c2nc(C3CC(=O)N(CC(C)c4ccccc4)C3)no2)c1. The maximum atomic E-state index is 12.5. The standard InChI is InChI=1S/C22H23N3O3/c1-15(16-7-4-3-5-8-16)13-25-14-18(12-20(25)26)21-23-22(28-24-21)17-9-6-10-19(11-17)27-2/h3-11,15,18H,12-14H2,1-2H3. The summed E-state index contributed by atoms with van der Waals surface area (Å²) >= 11 is 0. The summed E-state index contributed by atoms with van der Waals surface area (Å²) in [5, 5.41) is 4.13. The van der Waals surface area contributed by atoms with Gasteiger partial charge in [0, 0.05) is 31.0 Å². The first-order valence-electron chi connectivity index (χ1n) is 9.45. The molecule has 28 heavy (non-hydrogen) atoms. The highest BCUT2D eigenvalue weighted by molar-refractivity contribution is 5.79. The normalized spacial score (nSPS) is 17.7. The molecule has 144 valence electrons. The largest absolute Gasteiger partial charge is 0.497 e. The molecule has 1 aliphatic rings. The van der Waals surface area contributed by atoms with Crippen LogP contribution in [0.3, 0.4) is 0 Å². The van der Waals surface area contributed by atoms with E-state index >= 15 is 0 Å². The lowest BCUT2D eigenvalue weighted by Crippen LogP contribution is -2.29. The van der Waals surface area contributed by atoms with Crippen LogP contribution in [0.2, 0.25) is 0 Å². The average Bonchev–Trinajstić information content (AvgIpc) is 3.36. The second-order valence-corrected chi connectivity index (χ2v) is 7.20. The molecule has 6 nitrogen and oxygen atoms in total. The Hall–Kier alpha value is -3.15. The molecule has 0 spiro atoms. The number of benzene rings is 2. The number of amides is 1. The predicted molar refractivity (Wildman–Crippen MR) is 105 cm³/mol. The molecule has 0 aliphatic carbocycles. The van der Waals surface area contributed by atoms with Crippen LogP contribution in [0, 0.1) is 0 Å². The van der Waals surface area contributed by atoms with E-state index in [4.69, 9.17) is 9.26 Å². The molecule has 4 rings (SSSR count). The number of likely N-dealkylation sites (tertiary alicyclic amines) is 1. The van der Waals surface area contributed by atoms with Gasteiger partial charge in [0.25, 0.3) is 5.89 Å². The summed E-state index contributed by atoms with van der Waals surface area (Å²) in [7, 11) is 1.62. The summed E-state index contributed by atoms with van der Waals surface area (Å²) in [4.78, 5) is 18.9. The molecule has 1 aliphatic heterocycles. The number of hydrogen-bond acceptors (Lipinski definition) is 5. The Labute approximate surface area is 164 Å².